The molecule has 260 valence electrons. The van der Waals surface area contributed by atoms with Gasteiger partial charge in [-0.3, -0.25) is 0 Å². The number of rotatable bonds is 4. The van der Waals surface area contributed by atoms with Crippen LogP contribution in [0.1, 0.15) is 107 Å². The van der Waals surface area contributed by atoms with Crippen molar-refractivity contribution in [2.45, 2.75) is 161 Å². The Bertz CT molecular complexity index is 1120. The summed E-state index contributed by atoms with van der Waals surface area (Å²) in [6.07, 6.45) is -1.62. The summed E-state index contributed by atoms with van der Waals surface area (Å²) in [5.74, 6) is 0.800. The summed E-state index contributed by atoms with van der Waals surface area (Å²) in [5.41, 5.74) is -2.37. The normalized spacial score (nSPS) is 57.8. The summed E-state index contributed by atoms with van der Waals surface area (Å²) in [7, 11) is 0. The lowest BCUT2D eigenvalue weighted by Crippen LogP contribution is -2.72. The molecule has 1 heterocycles. The van der Waals surface area contributed by atoms with Gasteiger partial charge in [-0.25, -0.2) is 0 Å². The lowest BCUT2D eigenvalue weighted by atomic mass is 9.31. The molecule has 9 nitrogen and oxygen atoms in total. The van der Waals surface area contributed by atoms with Gasteiger partial charge in [0.1, 0.15) is 24.4 Å². The zero-order valence-corrected chi connectivity index (χ0v) is 28.8. The Labute approximate surface area is 269 Å². The summed E-state index contributed by atoms with van der Waals surface area (Å²) in [6.45, 7) is 16.9. The van der Waals surface area contributed by atoms with Gasteiger partial charge in [0.25, 0.3) is 0 Å². The van der Waals surface area contributed by atoms with Crippen molar-refractivity contribution in [2.75, 3.05) is 6.61 Å². The van der Waals surface area contributed by atoms with Gasteiger partial charge in [0.15, 0.2) is 6.29 Å². The van der Waals surface area contributed by atoms with Crippen LogP contribution in [0.5, 0.6) is 0 Å². The quantitative estimate of drug-likeness (QED) is 0.230. The second-order valence-corrected chi connectivity index (χ2v) is 18.6. The molecule has 0 aromatic carbocycles. The van der Waals surface area contributed by atoms with E-state index < -0.39 is 66.6 Å². The molecule has 0 aromatic heterocycles. The summed E-state index contributed by atoms with van der Waals surface area (Å²) in [6, 6.07) is 0. The minimum atomic E-state index is -1.53. The fourth-order valence-corrected chi connectivity index (χ4v) is 13.4. The highest BCUT2D eigenvalue weighted by molar-refractivity contribution is 5.22. The first-order chi connectivity index (χ1) is 20.7. The van der Waals surface area contributed by atoms with Crippen LogP contribution in [-0.2, 0) is 9.47 Å². The van der Waals surface area contributed by atoms with Crippen molar-refractivity contribution in [3.63, 3.8) is 0 Å². The van der Waals surface area contributed by atoms with E-state index in [1.165, 1.54) is 0 Å². The van der Waals surface area contributed by atoms with Crippen LogP contribution in [0.4, 0.5) is 0 Å². The molecular formula is C36H62O9. The lowest BCUT2D eigenvalue weighted by molar-refractivity contribution is -0.349. The Morgan fingerprint density at radius 3 is 2.02 bits per heavy atom. The van der Waals surface area contributed by atoms with E-state index in [1.54, 1.807) is 0 Å². The zero-order valence-electron chi connectivity index (χ0n) is 28.8. The van der Waals surface area contributed by atoms with E-state index in [2.05, 4.69) is 41.5 Å². The van der Waals surface area contributed by atoms with Crippen molar-refractivity contribution in [3.05, 3.63) is 0 Å². The van der Waals surface area contributed by atoms with Gasteiger partial charge in [0.05, 0.1) is 30.5 Å². The van der Waals surface area contributed by atoms with Crippen LogP contribution >= 0.6 is 0 Å². The summed E-state index contributed by atoms with van der Waals surface area (Å²) >= 11 is 0. The van der Waals surface area contributed by atoms with Gasteiger partial charge in [0, 0.05) is 0 Å². The van der Waals surface area contributed by atoms with Crippen LogP contribution in [0.25, 0.3) is 0 Å². The molecule has 6 fully saturated rings. The van der Waals surface area contributed by atoms with Crippen LogP contribution in [0.2, 0.25) is 0 Å². The third-order valence-electron chi connectivity index (χ3n) is 15.8. The number of aliphatic hydroxyl groups is 7. The number of aliphatic hydroxyl groups excluding tert-OH is 6. The molecule has 17 unspecified atom stereocenters. The lowest BCUT2D eigenvalue weighted by Gasteiger charge is -2.74. The highest BCUT2D eigenvalue weighted by Gasteiger charge is 2.74. The van der Waals surface area contributed by atoms with E-state index in [0.717, 1.165) is 32.1 Å². The van der Waals surface area contributed by atoms with Crippen LogP contribution in [0.3, 0.4) is 0 Å². The maximum Gasteiger partial charge on any atom is 0.186 e. The molecule has 6 aliphatic rings. The number of hydrogen-bond donors (Lipinski definition) is 7. The third-order valence-corrected chi connectivity index (χ3v) is 15.8. The third kappa shape index (κ3) is 4.64. The van der Waals surface area contributed by atoms with Gasteiger partial charge >= 0.3 is 0 Å². The van der Waals surface area contributed by atoms with E-state index in [1.807, 2.05) is 13.8 Å². The first-order valence-corrected chi connectivity index (χ1v) is 17.7. The van der Waals surface area contributed by atoms with Gasteiger partial charge < -0.3 is 45.2 Å². The van der Waals surface area contributed by atoms with Crippen LogP contribution in [-0.4, -0.2) is 97.0 Å². The second kappa shape index (κ2) is 10.8. The monoisotopic (exact) mass is 638 g/mol. The number of hydrogen-bond acceptors (Lipinski definition) is 9. The predicted octanol–water partition coefficient (Wildman–Crippen LogP) is 2.99. The first kappa shape index (κ1) is 34.5. The molecule has 0 aromatic rings. The fraction of sp³-hybridized carbons (Fsp3) is 1.00. The first-order valence-electron chi connectivity index (χ1n) is 17.7. The van der Waals surface area contributed by atoms with E-state index in [0.29, 0.717) is 31.1 Å². The largest absolute Gasteiger partial charge is 0.394 e. The van der Waals surface area contributed by atoms with Gasteiger partial charge in [-0.05, 0) is 122 Å². The van der Waals surface area contributed by atoms with Gasteiger partial charge in [-0.15, -0.1) is 0 Å². The molecule has 0 spiro atoms. The highest BCUT2D eigenvalue weighted by Crippen LogP contribution is 2.77. The van der Waals surface area contributed by atoms with E-state index in [-0.39, 0.29) is 39.4 Å². The maximum atomic E-state index is 12.0. The Morgan fingerprint density at radius 2 is 1.40 bits per heavy atom. The molecule has 9 heteroatoms. The molecule has 5 aliphatic carbocycles. The molecular weight excluding hydrogens is 576 g/mol. The molecule has 6 rings (SSSR count). The highest BCUT2D eigenvalue weighted by atomic mass is 16.7. The Kier molecular flexibility index (Phi) is 8.29. The molecule has 45 heavy (non-hydrogen) atoms. The zero-order chi connectivity index (χ0) is 33.3. The van der Waals surface area contributed by atoms with E-state index in [9.17, 15) is 35.7 Å². The number of ether oxygens (including phenoxy) is 2. The summed E-state index contributed by atoms with van der Waals surface area (Å²) < 4.78 is 12.7. The molecule has 0 bridgehead atoms. The van der Waals surface area contributed by atoms with Crippen molar-refractivity contribution in [1.82, 2.24) is 0 Å². The van der Waals surface area contributed by atoms with E-state index in [4.69, 9.17) is 9.47 Å². The van der Waals surface area contributed by atoms with Gasteiger partial charge in [0.2, 0.25) is 0 Å². The molecule has 0 amide bonds. The topological polar surface area (TPSA) is 160 Å². The van der Waals surface area contributed by atoms with Crippen LogP contribution in [0.15, 0.2) is 0 Å². The van der Waals surface area contributed by atoms with Crippen molar-refractivity contribution in [2.24, 2.45) is 56.7 Å². The van der Waals surface area contributed by atoms with Crippen molar-refractivity contribution in [1.29, 1.82) is 0 Å². The summed E-state index contributed by atoms with van der Waals surface area (Å²) in [4.78, 5) is 0. The molecule has 1 aliphatic heterocycles. The Balaban J connectivity index is 1.44. The smallest absolute Gasteiger partial charge is 0.186 e. The Hall–Kier alpha value is -0.360. The fourth-order valence-electron chi connectivity index (χ4n) is 13.4. The average Bonchev–Trinajstić information content (AvgIpc) is 3.31. The van der Waals surface area contributed by atoms with Gasteiger partial charge in [-0.1, -0.05) is 41.5 Å². The Morgan fingerprint density at radius 1 is 0.756 bits per heavy atom. The molecule has 7 N–H and O–H groups in total. The van der Waals surface area contributed by atoms with Gasteiger partial charge in [-0.2, -0.15) is 0 Å². The predicted molar refractivity (Wildman–Crippen MR) is 168 cm³/mol. The molecule has 17 atom stereocenters. The minimum absolute atomic E-state index is 0.0891. The standard InChI is InChI=1S/C36H62O9/c1-31(2)23(38)12-14-33(5)22-10-9-19-25-18(32(3,4)43)11-13-34(25,6)24(39)16-35(19,7)36(22,8)15-20(29(31)33)44-30-28(42)27(41)26(40)21(17-37)45-30/h18-30,37-43H,9-17H2,1-8H3. The second-order valence-electron chi connectivity index (χ2n) is 18.6. The van der Waals surface area contributed by atoms with Crippen molar-refractivity contribution in [3.8, 4) is 0 Å². The van der Waals surface area contributed by atoms with Crippen molar-refractivity contribution < 1.29 is 45.2 Å². The minimum Gasteiger partial charge on any atom is -0.394 e. The van der Waals surface area contributed by atoms with Crippen molar-refractivity contribution >= 4 is 0 Å². The number of fused-ring (bicyclic) bond motifs is 7. The van der Waals surface area contributed by atoms with Crippen LogP contribution < -0.4 is 0 Å². The maximum absolute atomic E-state index is 12.0. The SMILES string of the molecule is CC(C)(O)C1CCC2(C)C(O)CC3(C)C(CCC4C5(C)CCC(O)C(C)(C)C5C(OC5OC(CO)C(O)C(O)C5O)CC43C)C12. The summed E-state index contributed by atoms with van der Waals surface area (Å²) in [5, 5.41) is 76.9. The van der Waals surface area contributed by atoms with Crippen LogP contribution in [0, 0.1) is 56.7 Å². The van der Waals surface area contributed by atoms with E-state index >= 15 is 0 Å². The molecule has 0 radical (unpaired) electrons. The molecule has 5 saturated carbocycles. The molecule has 1 saturated heterocycles. The average molecular weight is 639 g/mol.